The van der Waals surface area contributed by atoms with Gasteiger partial charge in [0.1, 0.15) is 5.82 Å². The molecule has 0 saturated heterocycles. The van der Waals surface area contributed by atoms with E-state index in [1.807, 2.05) is 30.3 Å². The van der Waals surface area contributed by atoms with Crippen LogP contribution in [0, 0.1) is 5.82 Å². The fourth-order valence-corrected chi connectivity index (χ4v) is 2.88. The summed E-state index contributed by atoms with van der Waals surface area (Å²) in [6, 6.07) is 19.2. The van der Waals surface area contributed by atoms with E-state index in [0.717, 1.165) is 5.56 Å². The lowest BCUT2D eigenvalue weighted by atomic mass is 9.97. The first-order chi connectivity index (χ1) is 11.2. The monoisotopic (exact) mass is 327 g/mol. The Morgan fingerprint density at radius 2 is 1.70 bits per heavy atom. The lowest BCUT2D eigenvalue weighted by molar-refractivity contribution is 0.101. The van der Waals surface area contributed by atoms with Gasteiger partial charge in [0.15, 0.2) is 5.78 Å². The molecule has 3 aromatic rings. The Labute approximate surface area is 139 Å². The molecule has 23 heavy (non-hydrogen) atoms. The molecule has 1 atom stereocenters. The van der Waals surface area contributed by atoms with Crippen LogP contribution < -0.4 is 0 Å². The van der Waals surface area contributed by atoms with Crippen LogP contribution in [0.4, 0.5) is 4.39 Å². The molecule has 4 heteroatoms. The van der Waals surface area contributed by atoms with Crippen molar-refractivity contribution in [1.82, 2.24) is 4.57 Å². The van der Waals surface area contributed by atoms with Gasteiger partial charge in [0.05, 0.1) is 17.6 Å². The van der Waals surface area contributed by atoms with Crippen LogP contribution in [0.25, 0.3) is 0 Å². The highest BCUT2D eigenvalue weighted by molar-refractivity contribution is 6.30. The fourth-order valence-electron chi connectivity index (χ4n) is 2.75. The van der Waals surface area contributed by atoms with E-state index in [-0.39, 0.29) is 17.5 Å². The summed E-state index contributed by atoms with van der Waals surface area (Å²) in [6.45, 7) is 0. The molecule has 1 heterocycles. The Balaban J connectivity index is 2.20. The number of carbonyl (C=O) groups is 1. The minimum atomic E-state index is -0.422. The minimum Gasteiger partial charge on any atom is -0.333 e. The highest BCUT2D eigenvalue weighted by Crippen LogP contribution is 2.30. The van der Waals surface area contributed by atoms with E-state index >= 15 is 0 Å². The van der Waals surface area contributed by atoms with Gasteiger partial charge in [0, 0.05) is 11.8 Å². The molecule has 0 aliphatic carbocycles. The second kappa shape index (κ2) is 6.80. The van der Waals surface area contributed by atoms with E-state index in [0.29, 0.717) is 11.3 Å². The van der Waals surface area contributed by atoms with Crippen molar-refractivity contribution in [2.75, 3.05) is 5.88 Å². The third-order valence-corrected chi connectivity index (χ3v) is 4.02. The van der Waals surface area contributed by atoms with Crippen molar-refractivity contribution < 1.29 is 9.18 Å². The van der Waals surface area contributed by atoms with Crippen LogP contribution in [0.2, 0.25) is 0 Å². The molecule has 0 aliphatic rings. The summed E-state index contributed by atoms with van der Waals surface area (Å²) in [5.41, 5.74) is 1.88. The van der Waals surface area contributed by atoms with Crippen molar-refractivity contribution >= 4 is 17.4 Å². The molecule has 2 nitrogen and oxygen atoms in total. The Morgan fingerprint density at radius 3 is 2.39 bits per heavy atom. The Morgan fingerprint density at radius 1 is 1.00 bits per heavy atom. The van der Waals surface area contributed by atoms with Crippen molar-refractivity contribution in [1.29, 1.82) is 0 Å². The maximum absolute atomic E-state index is 14.4. The summed E-state index contributed by atoms with van der Waals surface area (Å²) >= 11 is 5.71. The summed E-state index contributed by atoms with van der Waals surface area (Å²) < 4.78 is 16.2. The molecule has 0 aliphatic heterocycles. The first-order valence-electron chi connectivity index (χ1n) is 7.27. The summed E-state index contributed by atoms with van der Waals surface area (Å²) in [5, 5.41) is 0. The second-order valence-electron chi connectivity index (χ2n) is 5.19. The van der Waals surface area contributed by atoms with E-state index in [9.17, 15) is 9.18 Å². The first kappa shape index (κ1) is 15.5. The number of ketones is 1. The molecule has 0 fully saturated rings. The standard InChI is InChI=1S/C19H15ClFNO/c20-13-18(23)17-11-6-12-22(17)19(14-7-2-1-3-8-14)15-9-4-5-10-16(15)21/h1-12,19H,13H2. The van der Waals surface area contributed by atoms with Gasteiger partial charge in [-0.15, -0.1) is 11.6 Å². The van der Waals surface area contributed by atoms with Gasteiger partial charge in [-0.25, -0.2) is 4.39 Å². The number of hydrogen-bond acceptors (Lipinski definition) is 1. The van der Waals surface area contributed by atoms with Gasteiger partial charge in [0.25, 0.3) is 0 Å². The predicted octanol–water partition coefficient (Wildman–Crippen LogP) is 4.69. The molecule has 0 bridgehead atoms. The normalized spacial score (nSPS) is 12.1. The molecule has 0 radical (unpaired) electrons. The van der Waals surface area contributed by atoms with Gasteiger partial charge in [0.2, 0.25) is 0 Å². The lowest BCUT2D eigenvalue weighted by Crippen LogP contribution is -2.18. The average molecular weight is 328 g/mol. The van der Waals surface area contributed by atoms with Crippen molar-refractivity contribution in [2.45, 2.75) is 6.04 Å². The summed E-state index contributed by atoms with van der Waals surface area (Å²) in [5.74, 6) is -0.601. The maximum Gasteiger partial charge on any atom is 0.193 e. The number of benzene rings is 2. The number of carbonyl (C=O) groups excluding carboxylic acids is 1. The highest BCUT2D eigenvalue weighted by atomic mass is 35.5. The molecular weight excluding hydrogens is 313 g/mol. The van der Waals surface area contributed by atoms with Crippen LogP contribution in [0.1, 0.15) is 27.7 Å². The molecule has 0 spiro atoms. The van der Waals surface area contributed by atoms with E-state index in [1.165, 1.54) is 6.07 Å². The number of nitrogens with zero attached hydrogens (tertiary/aromatic N) is 1. The number of aromatic nitrogens is 1. The van der Waals surface area contributed by atoms with Gasteiger partial charge in [-0.05, 0) is 23.8 Å². The highest BCUT2D eigenvalue weighted by Gasteiger charge is 2.23. The largest absolute Gasteiger partial charge is 0.333 e. The third kappa shape index (κ3) is 3.06. The SMILES string of the molecule is O=C(CCl)c1cccn1C(c1ccccc1)c1ccccc1F. The number of hydrogen-bond donors (Lipinski definition) is 0. The molecule has 2 aromatic carbocycles. The van der Waals surface area contributed by atoms with Crippen LogP contribution >= 0.6 is 11.6 Å². The number of rotatable bonds is 5. The van der Waals surface area contributed by atoms with E-state index in [2.05, 4.69) is 0 Å². The summed E-state index contributed by atoms with van der Waals surface area (Å²) in [7, 11) is 0. The molecule has 0 saturated carbocycles. The van der Waals surface area contributed by atoms with E-state index < -0.39 is 6.04 Å². The van der Waals surface area contributed by atoms with Gasteiger partial charge in [-0.3, -0.25) is 4.79 Å². The minimum absolute atomic E-state index is 0.108. The van der Waals surface area contributed by atoms with Crippen molar-refractivity contribution in [3.63, 3.8) is 0 Å². The zero-order valence-electron chi connectivity index (χ0n) is 12.3. The molecule has 0 N–H and O–H groups in total. The Kier molecular flexibility index (Phi) is 4.58. The van der Waals surface area contributed by atoms with Crippen LogP contribution in [0.5, 0.6) is 0 Å². The second-order valence-corrected chi connectivity index (χ2v) is 5.46. The van der Waals surface area contributed by atoms with Gasteiger partial charge in [-0.1, -0.05) is 48.5 Å². The molecule has 3 rings (SSSR count). The number of Topliss-reactive ketones (excluding diaryl/α,β-unsaturated/α-hetero) is 1. The smallest absolute Gasteiger partial charge is 0.193 e. The van der Waals surface area contributed by atoms with Crippen LogP contribution in [-0.2, 0) is 0 Å². The summed E-state index contributed by atoms with van der Waals surface area (Å²) in [6.07, 6.45) is 1.78. The quantitative estimate of drug-likeness (QED) is 0.492. The number of alkyl halides is 1. The third-order valence-electron chi connectivity index (χ3n) is 3.78. The molecule has 0 amide bonds. The van der Waals surface area contributed by atoms with Gasteiger partial charge < -0.3 is 4.57 Å². The fraction of sp³-hybridized carbons (Fsp3) is 0.105. The van der Waals surface area contributed by atoms with Crippen molar-refractivity contribution in [2.24, 2.45) is 0 Å². The van der Waals surface area contributed by atoms with Crippen molar-refractivity contribution in [3.8, 4) is 0 Å². The van der Waals surface area contributed by atoms with Crippen molar-refractivity contribution in [3.05, 3.63) is 95.6 Å². The topological polar surface area (TPSA) is 22.0 Å². The average Bonchev–Trinajstić information content (AvgIpc) is 3.06. The van der Waals surface area contributed by atoms with Crippen LogP contribution in [0.15, 0.2) is 72.9 Å². The van der Waals surface area contributed by atoms with E-state index in [4.69, 9.17) is 11.6 Å². The van der Waals surface area contributed by atoms with Gasteiger partial charge in [-0.2, -0.15) is 0 Å². The maximum atomic E-state index is 14.4. The predicted molar refractivity (Wildman–Crippen MR) is 89.6 cm³/mol. The number of halogens is 2. The molecule has 1 aromatic heterocycles. The Bertz CT molecular complexity index is 813. The molecular formula is C19H15ClFNO. The Hall–Kier alpha value is -2.39. The lowest BCUT2D eigenvalue weighted by Gasteiger charge is -2.23. The molecule has 1 unspecified atom stereocenters. The summed E-state index contributed by atoms with van der Waals surface area (Å²) in [4.78, 5) is 12.1. The zero-order chi connectivity index (χ0) is 16.2. The zero-order valence-corrected chi connectivity index (χ0v) is 13.1. The van der Waals surface area contributed by atoms with Crippen LogP contribution in [-0.4, -0.2) is 16.2 Å². The molecule has 116 valence electrons. The van der Waals surface area contributed by atoms with Crippen LogP contribution in [0.3, 0.4) is 0 Å². The van der Waals surface area contributed by atoms with E-state index in [1.54, 1.807) is 41.1 Å². The first-order valence-corrected chi connectivity index (χ1v) is 7.81. The van der Waals surface area contributed by atoms with Gasteiger partial charge >= 0.3 is 0 Å².